The zero-order valence-electron chi connectivity index (χ0n) is 17.7. The van der Waals surface area contributed by atoms with E-state index >= 15 is 0 Å². The molecule has 8 heteroatoms. The van der Waals surface area contributed by atoms with Gasteiger partial charge in [0.25, 0.3) is 5.91 Å². The maximum absolute atomic E-state index is 12.8. The second-order valence-corrected chi connectivity index (χ2v) is 9.53. The third-order valence-electron chi connectivity index (χ3n) is 5.24. The van der Waals surface area contributed by atoms with E-state index in [2.05, 4.69) is 5.32 Å². The summed E-state index contributed by atoms with van der Waals surface area (Å²) in [6.45, 7) is 3.77. The number of nitrogens with one attached hydrogen (secondary N) is 1. The van der Waals surface area contributed by atoms with Crippen molar-refractivity contribution in [1.82, 2.24) is 4.90 Å². The molecule has 2 amide bonds. The van der Waals surface area contributed by atoms with Crippen LogP contribution in [0.25, 0.3) is 0 Å². The quantitative estimate of drug-likeness (QED) is 0.765. The van der Waals surface area contributed by atoms with Gasteiger partial charge in [-0.3, -0.25) is 13.9 Å². The van der Waals surface area contributed by atoms with Crippen molar-refractivity contribution in [3.8, 4) is 0 Å². The first-order valence-corrected chi connectivity index (χ1v) is 11.7. The molecule has 0 radical (unpaired) electrons. The van der Waals surface area contributed by atoms with E-state index < -0.39 is 10.0 Å². The van der Waals surface area contributed by atoms with Crippen molar-refractivity contribution in [1.29, 1.82) is 0 Å². The highest BCUT2D eigenvalue weighted by atomic mass is 32.2. The number of rotatable bonds is 6. The molecule has 3 rings (SSSR count). The van der Waals surface area contributed by atoms with Crippen molar-refractivity contribution < 1.29 is 18.0 Å². The number of likely N-dealkylation sites (N-methyl/N-ethyl adjacent to an activating group) is 1. The lowest BCUT2D eigenvalue weighted by atomic mass is 10.1. The van der Waals surface area contributed by atoms with Gasteiger partial charge in [-0.1, -0.05) is 25.1 Å². The number of amides is 2. The summed E-state index contributed by atoms with van der Waals surface area (Å²) in [5.74, 6) is -0.563. The number of anilines is 2. The molecular weight excluding hydrogens is 402 g/mol. The minimum absolute atomic E-state index is 0.0835. The number of hydrogen-bond acceptors (Lipinski definition) is 4. The average Bonchev–Trinajstić information content (AvgIpc) is 3.02. The zero-order chi connectivity index (χ0) is 22.1. The third-order valence-corrected chi connectivity index (χ3v) is 6.51. The predicted octanol–water partition coefficient (Wildman–Crippen LogP) is 2.67. The molecule has 160 valence electrons. The summed E-state index contributed by atoms with van der Waals surface area (Å²) in [5, 5.41) is 2.86. The minimum Gasteiger partial charge on any atom is -0.332 e. The molecule has 0 aliphatic carbocycles. The van der Waals surface area contributed by atoms with E-state index in [0.29, 0.717) is 17.7 Å². The summed E-state index contributed by atoms with van der Waals surface area (Å²) >= 11 is 0. The SMILES string of the molecule is CCc1ccccc1NC(=O)CN(C)C(=O)c1ccc2c(c1)C[C@H](C)N2S(C)(=O)=O. The maximum atomic E-state index is 12.8. The van der Waals surface area contributed by atoms with E-state index in [1.54, 1.807) is 25.2 Å². The van der Waals surface area contributed by atoms with Crippen LogP contribution < -0.4 is 9.62 Å². The van der Waals surface area contributed by atoms with E-state index in [4.69, 9.17) is 0 Å². The fourth-order valence-corrected chi connectivity index (χ4v) is 5.15. The average molecular weight is 430 g/mol. The molecule has 0 saturated heterocycles. The molecular formula is C22H27N3O4S. The smallest absolute Gasteiger partial charge is 0.254 e. The Bertz CT molecular complexity index is 1080. The van der Waals surface area contributed by atoms with Crippen LogP contribution in [0.5, 0.6) is 0 Å². The van der Waals surface area contributed by atoms with E-state index in [-0.39, 0.29) is 24.4 Å². The van der Waals surface area contributed by atoms with Crippen molar-refractivity contribution in [2.45, 2.75) is 32.7 Å². The Labute approximate surface area is 177 Å². The van der Waals surface area contributed by atoms with Crippen LogP contribution in [0.15, 0.2) is 42.5 Å². The van der Waals surface area contributed by atoms with Gasteiger partial charge in [0.2, 0.25) is 15.9 Å². The highest BCUT2D eigenvalue weighted by molar-refractivity contribution is 7.92. The zero-order valence-corrected chi connectivity index (χ0v) is 18.5. The molecule has 0 fully saturated rings. The van der Waals surface area contributed by atoms with Gasteiger partial charge in [0, 0.05) is 24.3 Å². The number of nitrogens with zero attached hydrogens (tertiary/aromatic N) is 2. The Kier molecular flexibility index (Phi) is 6.17. The van der Waals surface area contributed by atoms with Crippen LogP contribution in [0, 0.1) is 0 Å². The molecule has 1 heterocycles. The largest absolute Gasteiger partial charge is 0.332 e. The van der Waals surface area contributed by atoms with Crippen molar-refractivity contribution in [3.05, 3.63) is 59.2 Å². The van der Waals surface area contributed by atoms with Crippen LogP contribution in [0.4, 0.5) is 11.4 Å². The third kappa shape index (κ3) is 4.48. The number of fused-ring (bicyclic) bond motifs is 1. The Hall–Kier alpha value is -2.87. The molecule has 1 aliphatic rings. The van der Waals surface area contributed by atoms with Crippen LogP contribution in [-0.4, -0.2) is 51.0 Å². The molecule has 0 unspecified atom stereocenters. The van der Waals surface area contributed by atoms with Crippen LogP contribution in [0.3, 0.4) is 0 Å². The molecule has 0 bridgehead atoms. The molecule has 1 N–H and O–H groups in total. The number of sulfonamides is 1. The summed E-state index contributed by atoms with van der Waals surface area (Å²) in [5.41, 5.74) is 3.63. The molecule has 0 spiro atoms. The van der Waals surface area contributed by atoms with Crippen LogP contribution >= 0.6 is 0 Å². The number of hydrogen-bond donors (Lipinski definition) is 1. The van der Waals surface area contributed by atoms with Gasteiger partial charge >= 0.3 is 0 Å². The molecule has 30 heavy (non-hydrogen) atoms. The van der Waals surface area contributed by atoms with Crippen LogP contribution in [-0.2, 0) is 27.7 Å². The number of carbonyl (C=O) groups excluding carboxylic acids is 2. The van der Waals surface area contributed by atoms with Gasteiger partial charge in [-0.25, -0.2) is 8.42 Å². The van der Waals surface area contributed by atoms with Crippen molar-refractivity contribution >= 4 is 33.2 Å². The van der Waals surface area contributed by atoms with Gasteiger partial charge in [-0.05, 0) is 55.2 Å². The van der Waals surface area contributed by atoms with E-state index in [1.807, 2.05) is 38.1 Å². The highest BCUT2D eigenvalue weighted by Gasteiger charge is 2.33. The number of aryl methyl sites for hydroxylation is 1. The van der Waals surface area contributed by atoms with E-state index in [9.17, 15) is 18.0 Å². The predicted molar refractivity (Wildman–Crippen MR) is 118 cm³/mol. The molecule has 1 atom stereocenters. The topological polar surface area (TPSA) is 86.8 Å². The fourth-order valence-electron chi connectivity index (χ4n) is 3.89. The maximum Gasteiger partial charge on any atom is 0.254 e. The fraction of sp³-hybridized carbons (Fsp3) is 0.364. The van der Waals surface area contributed by atoms with Crippen molar-refractivity contribution in [3.63, 3.8) is 0 Å². The first kappa shape index (κ1) is 21.8. The Morgan fingerprint density at radius 2 is 1.90 bits per heavy atom. The van der Waals surface area contributed by atoms with Crippen LogP contribution in [0.2, 0.25) is 0 Å². The molecule has 0 aromatic heterocycles. The summed E-state index contributed by atoms with van der Waals surface area (Å²) < 4.78 is 25.5. The van der Waals surface area contributed by atoms with Crippen molar-refractivity contribution in [2.75, 3.05) is 29.5 Å². The van der Waals surface area contributed by atoms with Gasteiger partial charge in [-0.2, -0.15) is 0 Å². The summed E-state index contributed by atoms with van der Waals surface area (Å²) in [7, 11) is -1.81. The van der Waals surface area contributed by atoms with Gasteiger partial charge in [-0.15, -0.1) is 0 Å². The summed E-state index contributed by atoms with van der Waals surface area (Å²) in [4.78, 5) is 26.6. The lowest BCUT2D eigenvalue weighted by molar-refractivity contribution is -0.116. The number of benzene rings is 2. The number of carbonyl (C=O) groups is 2. The van der Waals surface area contributed by atoms with Crippen LogP contribution in [0.1, 0.15) is 35.3 Å². The molecule has 0 saturated carbocycles. The monoisotopic (exact) mass is 429 g/mol. The number of para-hydroxylation sites is 1. The minimum atomic E-state index is -3.38. The summed E-state index contributed by atoms with van der Waals surface area (Å²) in [6, 6.07) is 12.4. The molecule has 7 nitrogen and oxygen atoms in total. The lowest BCUT2D eigenvalue weighted by Gasteiger charge is -2.22. The second-order valence-electron chi connectivity index (χ2n) is 7.68. The standard InChI is InChI=1S/C22H27N3O4S/c1-5-16-8-6-7-9-19(16)23-21(26)14-24(3)22(27)17-10-11-20-18(13-17)12-15(2)25(20)30(4,28)29/h6-11,13,15H,5,12,14H2,1-4H3,(H,23,26)/t15-/m0/s1. The van der Waals surface area contributed by atoms with E-state index in [1.165, 1.54) is 15.5 Å². The van der Waals surface area contributed by atoms with Gasteiger partial charge in [0.1, 0.15) is 0 Å². The summed E-state index contributed by atoms with van der Waals surface area (Å²) in [6.07, 6.45) is 2.52. The molecule has 1 aliphatic heterocycles. The van der Waals surface area contributed by atoms with Crippen molar-refractivity contribution in [2.24, 2.45) is 0 Å². The Balaban J connectivity index is 1.71. The van der Waals surface area contributed by atoms with Gasteiger partial charge in [0.05, 0.1) is 18.5 Å². The Morgan fingerprint density at radius 3 is 2.57 bits per heavy atom. The second kappa shape index (κ2) is 8.47. The van der Waals surface area contributed by atoms with E-state index in [0.717, 1.165) is 23.2 Å². The molecule has 2 aromatic carbocycles. The normalized spacial score (nSPS) is 15.6. The first-order valence-electron chi connectivity index (χ1n) is 9.87. The Morgan fingerprint density at radius 1 is 1.20 bits per heavy atom. The lowest BCUT2D eigenvalue weighted by Crippen LogP contribution is -2.35. The van der Waals surface area contributed by atoms with Gasteiger partial charge < -0.3 is 10.2 Å². The van der Waals surface area contributed by atoms with Gasteiger partial charge in [0.15, 0.2) is 0 Å². The highest BCUT2D eigenvalue weighted by Crippen LogP contribution is 2.34. The molecule has 2 aromatic rings. The first-order chi connectivity index (χ1) is 14.1.